The summed E-state index contributed by atoms with van der Waals surface area (Å²) in [5.41, 5.74) is 6.05. The summed E-state index contributed by atoms with van der Waals surface area (Å²) in [6, 6.07) is 11.4. The zero-order chi connectivity index (χ0) is 17.4. The van der Waals surface area contributed by atoms with Gasteiger partial charge in [-0.25, -0.2) is 0 Å². The van der Waals surface area contributed by atoms with Crippen LogP contribution in [0.15, 0.2) is 42.6 Å². The van der Waals surface area contributed by atoms with Crippen molar-refractivity contribution in [2.75, 3.05) is 7.11 Å². The Morgan fingerprint density at radius 2 is 2.08 bits per heavy atom. The van der Waals surface area contributed by atoms with Gasteiger partial charge in [0.1, 0.15) is 0 Å². The maximum Gasteiger partial charge on any atom is 3.00 e. The van der Waals surface area contributed by atoms with Crippen LogP contribution < -0.4 is 5.10 Å². The average Bonchev–Trinajstić information content (AvgIpc) is 3.00. The molecule has 0 spiro atoms. The molecule has 5 nitrogen and oxygen atoms in total. The molecule has 0 N–H and O–H groups in total. The molecule has 25 heavy (non-hydrogen) atoms. The van der Waals surface area contributed by atoms with E-state index >= 15 is 0 Å². The van der Waals surface area contributed by atoms with E-state index in [0.29, 0.717) is 12.2 Å². The largest absolute Gasteiger partial charge is 3.00 e. The van der Waals surface area contributed by atoms with Crippen LogP contribution in [0.5, 0.6) is 0 Å². The number of aryl methyl sites for hydroxylation is 1. The van der Waals surface area contributed by atoms with Crippen LogP contribution >= 0.6 is 0 Å². The van der Waals surface area contributed by atoms with Crippen LogP contribution in [0.4, 0.5) is 8.78 Å². The summed E-state index contributed by atoms with van der Waals surface area (Å²) in [5, 5.41) is 7.63. The first kappa shape index (κ1) is 21.1. The van der Waals surface area contributed by atoms with Crippen molar-refractivity contribution in [1.29, 1.82) is 0 Å². The van der Waals surface area contributed by atoms with Gasteiger partial charge >= 0.3 is 20.1 Å². The molecule has 0 fully saturated rings. The molecule has 0 amide bonds. The molecule has 2 aromatic heterocycles. The molecule has 0 bridgehead atoms. The molecular weight excluding hydrogens is 506 g/mol. The predicted octanol–water partition coefficient (Wildman–Crippen LogP) is 3.61. The fourth-order valence-electron chi connectivity index (χ4n) is 1.80. The molecule has 3 aromatic rings. The predicted molar refractivity (Wildman–Crippen MR) is 84.8 cm³/mol. The Morgan fingerprint density at radius 3 is 2.64 bits per heavy atom. The number of hydroxylamine groups is 1. The van der Waals surface area contributed by atoms with E-state index in [0.717, 1.165) is 23.5 Å². The number of hydrogen-bond donors (Lipinski definition) is 0. The second-order valence-corrected chi connectivity index (χ2v) is 4.70. The van der Waals surface area contributed by atoms with Crippen LogP contribution in [0.25, 0.3) is 16.7 Å². The van der Waals surface area contributed by atoms with E-state index in [-0.39, 0.29) is 25.7 Å². The monoisotopic (exact) mass is 522 g/mol. The summed E-state index contributed by atoms with van der Waals surface area (Å²) in [7, 11) is 1.52. The summed E-state index contributed by atoms with van der Waals surface area (Å²) in [5.74, 6) is -1.29. The van der Waals surface area contributed by atoms with Gasteiger partial charge in [0.15, 0.2) is 0 Å². The number of rotatable bonds is 4. The minimum absolute atomic E-state index is 0. The number of nitrogens with zero attached hydrogens (tertiary/aromatic N) is 4. The van der Waals surface area contributed by atoms with E-state index in [9.17, 15) is 8.78 Å². The SMILES string of the molecule is CO[N-]Cc1cc(C)n[n-]1.Fc1c[c-]c(-c2ccccn2)c(F)c1.[Ir+3]. The third-order valence-electron chi connectivity index (χ3n) is 2.85. The van der Waals surface area contributed by atoms with E-state index in [4.69, 9.17) is 0 Å². The Kier molecular flexibility index (Phi) is 9.08. The third-order valence-corrected chi connectivity index (χ3v) is 2.85. The van der Waals surface area contributed by atoms with Crippen molar-refractivity contribution in [1.82, 2.24) is 15.2 Å². The Balaban J connectivity index is 0.000000254. The molecule has 8 heteroatoms. The molecule has 0 unspecified atom stereocenters. The standard InChI is InChI=1S/C11H6F2N.C6H9N3O.Ir/c12-8-4-5-9(10(13)7-8)11-3-1-2-6-14-11;1-5-3-6(9-8-5)4-7-10-2;/h1-4,6-7H;3H,4H2,1-2H3;/q-1;-2;+3. The van der Waals surface area contributed by atoms with Crippen LogP contribution in [-0.2, 0) is 31.5 Å². The van der Waals surface area contributed by atoms with Crippen molar-refractivity contribution < 1.29 is 33.7 Å². The average molecular weight is 522 g/mol. The molecule has 0 radical (unpaired) electrons. The summed E-state index contributed by atoms with van der Waals surface area (Å²) in [6.07, 6.45) is 1.55. The van der Waals surface area contributed by atoms with E-state index < -0.39 is 11.6 Å². The first-order valence-corrected chi connectivity index (χ1v) is 7.04. The maximum atomic E-state index is 13.2. The molecule has 0 saturated carbocycles. The molecule has 0 aliphatic heterocycles. The topological polar surface area (TPSA) is 63.2 Å². The molecule has 3 rings (SSSR count). The minimum Gasteiger partial charge on any atom is -0.580 e. The van der Waals surface area contributed by atoms with Crippen LogP contribution in [0, 0.1) is 24.6 Å². The van der Waals surface area contributed by atoms with Crippen molar-refractivity contribution in [3.63, 3.8) is 0 Å². The van der Waals surface area contributed by atoms with Crippen molar-refractivity contribution >= 4 is 0 Å². The van der Waals surface area contributed by atoms with Gasteiger partial charge in [0.2, 0.25) is 0 Å². The Morgan fingerprint density at radius 1 is 1.28 bits per heavy atom. The smallest absolute Gasteiger partial charge is 0.580 e. The quantitative estimate of drug-likeness (QED) is 0.389. The fraction of sp³-hybridized carbons (Fsp3) is 0.176. The van der Waals surface area contributed by atoms with Gasteiger partial charge in [-0.15, -0.1) is 18.7 Å². The van der Waals surface area contributed by atoms with E-state index in [2.05, 4.69) is 31.6 Å². The number of aromatic nitrogens is 3. The van der Waals surface area contributed by atoms with Crippen LogP contribution in [0.2, 0.25) is 0 Å². The molecule has 0 saturated heterocycles. The van der Waals surface area contributed by atoms with Gasteiger partial charge in [0.25, 0.3) is 0 Å². The molecule has 0 atom stereocenters. The van der Waals surface area contributed by atoms with E-state index in [1.807, 2.05) is 13.0 Å². The van der Waals surface area contributed by atoms with Gasteiger partial charge < -0.3 is 25.5 Å². The summed E-state index contributed by atoms with van der Waals surface area (Å²) < 4.78 is 25.8. The van der Waals surface area contributed by atoms with Crippen molar-refractivity contribution in [3.05, 3.63) is 77.2 Å². The van der Waals surface area contributed by atoms with Crippen LogP contribution in [0.1, 0.15) is 11.4 Å². The molecule has 2 heterocycles. The molecule has 1 aromatic carbocycles. The maximum absolute atomic E-state index is 13.2. The second-order valence-electron chi connectivity index (χ2n) is 4.70. The third kappa shape index (κ3) is 6.80. The minimum atomic E-state index is -0.649. The number of pyridine rings is 1. The molecular formula is C17H15F2IrN4O. The van der Waals surface area contributed by atoms with Crippen LogP contribution in [0.3, 0.4) is 0 Å². The van der Waals surface area contributed by atoms with Gasteiger partial charge in [-0.05, 0) is 18.7 Å². The summed E-state index contributed by atoms with van der Waals surface area (Å²) in [6.45, 7) is 2.38. The van der Waals surface area contributed by atoms with Gasteiger partial charge in [-0.2, -0.15) is 5.69 Å². The number of halogens is 2. The summed E-state index contributed by atoms with van der Waals surface area (Å²) >= 11 is 0. The first-order chi connectivity index (χ1) is 11.6. The number of hydrogen-bond acceptors (Lipinski definition) is 3. The normalized spacial score (nSPS) is 9.76. The summed E-state index contributed by atoms with van der Waals surface area (Å²) in [4.78, 5) is 8.46. The Bertz CT molecular complexity index is 768. The van der Waals surface area contributed by atoms with Gasteiger partial charge in [-0.3, -0.25) is 8.78 Å². The molecule has 132 valence electrons. The number of benzene rings is 1. The second kappa shape index (κ2) is 10.8. The fourth-order valence-corrected chi connectivity index (χ4v) is 1.80. The van der Waals surface area contributed by atoms with Crippen LogP contribution in [-0.4, -0.2) is 17.2 Å². The molecule has 0 aliphatic rings. The first-order valence-electron chi connectivity index (χ1n) is 7.04. The Hall–Kier alpha value is -1.99. The Labute approximate surface area is 158 Å². The van der Waals surface area contributed by atoms with Gasteiger partial charge in [0, 0.05) is 30.6 Å². The van der Waals surface area contributed by atoms with Gasteiger partial charge in [-0.1, -0.05) is 29.8 Å². The molecule has 0 aliphatic carbocycles. The van der Waals surface area contributed by atoms with E-state index in [1.165, 1.54) is 7.11 Å². The van der Waals surface area contributed by atoms with Gasteiger partial charge in [0.05, 0.1) is 0 Å². The van der Waals surface area contributed by atoms with Crippen molar-refractivity contribution in [2.45, 2.75) is 13.5 Å². The van der Waals surface area contributed by atoms with Crippen molar-refractivity contribution in [2.24, 2.45) is 0 Å². The van der Waals surface area contributed by atoms with Crippen molar-refractivity contribution in [3.8, 4) is 11.3 Å². The zero-order valence-corrected chi connectivity index (χ0v) is 15.9. The zero-order valence-electron chi connectivity index (χ0n) is 13.5. The van der Waals surface area contributed by atoms with E-state index in [1.54, 1.807) is 24.4 Å².